The van der Waals surface area contributed by atoms with E-state index in [0.29, 0.717) is 46.5 Å². The van der Waals surface area contributed by atoms with Gasteiger partial charge < -0.3 is 23.4 Å². The predicted molar refractivity (Wildman–Crippen MR) is 133 cm³/mol. The molecule has 0 bridgehead atoms. The van der Waals surface area contributed by atoms with Crippen LogP contribution >= 0.6 is 11.8 Å². The molecule has 9 nitrogen and oxygen atoms in total. The standard InChI is InChI=1S/C25H28N4O5S/c1-7-33-19-10-8-18(9-11-19)29-24(17-12-20(30-4)23(32-6)21(13-17)31-5)27-28-25(29)35-14-22-26-15(2)16(3)34-22/h8-13H,7,14H2,1-6H3. The number of thioether (sulfide) groups is 1. The molecule has 2 aromatic carbocycles. The Morgan fingerprint density at radius 2 is 1.63 bits per heavy atom. The van der Waals surface area contributed by atoms with E-state index in [1.807, 2.05) is 61.7 Å². The van der Waals surface area contributed by atoms with E-state index in [0.717, 1.165) is 28.5 Å². The normalized spacial score (nSPS) is 10.9. The molecule has 184 valence electrons. The third-order valence-electron chi connectivity index (χ3n) is 5.36. The van der Waals surface area contributed by atoms with Crippen LogP contribution in [0, 0.1) is 13.8 Å². The highest BCUT2D eigenvalue weighted by Crippen LogP contribution is 2.42. The van der Waals surface area contributed by atoms with E-state index >= 15 is 0 Å². The van der Waals surface area contributed by atoms with Crippen molar-refractivity contribution in [2.24, 2.45) is 0 Å². The Hall–Kier alpha value is -3.66. The molecule has 0 aliphatic carbocycles. The van der Waals surface area contributed by atoms with Crippen LogP contribution in [0.1, 0.15) is 24.3 Å². The van der Waals surface area contributed by atoms with Gasteiger partial charge in [0.05, 0.1) is 39.4 Å². The topological polar surface area (TPSA) is 93.7 Å². The Kier molecular flexibility index (Phi) is 7.50. The van der Waals surface area contributed by atoms with Gasteiger partial charge >= 0.3 is 0 Å². The molecular formula is C25H28N4O5S. The van der Waals surface area contributed by atoms with Crippen molar-refractivity contribution in [1.82, 2.24) is 19.7 Å². The number of methoxy groups -OCH3 is 3. The molecule has 35 heavy (non-hydrogen) atoms. The largest absolute Gasteiger partial charge is 0.494 e. The van der Waals surface area contributed by atoms with Gasteiger partial charge in [-0.15, -0.1) is 10.2 Å². The highest BCUT2D eigenvalue weighted by molar-refractivity contribution is 7.98. The molecule has 10 heteroatoms. The number of benzene rings is 2. The van der Waals surface area contributed by atoms with E-state index in [1.165, 1.54) is 11.8 Å². The fourth-order valence-corrected chi connectivity index (χ4v) is 4.37. The van der Waals surface area contributed by atoms with Crippen LogP contribution in [0.15, 0.2) is 46.0 Å². The Morgan fingerprint density at radius 3 is 2.17 bits per heavy atom. The van der Waals surface area contributed by atoms with Crippen LogP contribution in [0.5, 0.6) is 23.0 Å². The van der Waals surface area contributed by atoms with Crippen molar-refractivity contribution in [2.75, 3.05) is 27.9 Å². The minimum absolute atomic E-state index is 0.509. The van der Waals surface area contributed by atoms with Crippen LogP contribution in [0.4, 0.5) is 0 Å². The van der Waals surface area contributed by atoms with Crippen LogP contribution in [0.2, 0.25) is 0 Å². The number of hydrogen-bond donors (Lipinski definition) is 0. The van der Waals surface area contributed by atoms with Crippen LogP contribution in [0.3, 0.4) is 0 Å². The molecule has 0 saturated heterocycles. The molecule has 0 saturated carbocycles. The van der Waals surface area contributed by atoms with Crippen LogP contribution in [0.25, 0.3) is 17.1 Å². The summed E-state index contributed by atoms with van der Waals surface area (Å²) in [6.45, 7) is 6.38. The Morgan fingerprint density at radius 1 is 0.943 bits per heavy atom. The van der Waals surface area contributed by atoms with Crippen LogP contribution < -0.4 is 18.9 Å². The van der Waals surface area contributed by atoms with Gasteiger partial charge in [0.25, 0.3) is 0 Å². The van der Waals surface area contributed by atoms with E-state index in [-0.39, 0.29) is 0 Å². The Bertz CT molecular complexity index is 1260. The summed E-state index contributed by atoms with van der Waals surface area (Å²) in [5.41, 5.74) is 2.52. The zero-order valence-electron chi connectivity index (χ0n) is 20.6. The molecule has 0 N–H and O–H groups in total. The van der Waals surface area contributed by atoms with E-state index in [1.54, 1.807) is 21.3 Å². The molecule has 0 atom stereocenters. The van der Waals surface area contributed by atoms with Crippen molar-refractivity contribution in [3.8, 4) is 40.1 Å². The molecule has 0 radical (unpaired) electrons. The van der Waals surface area contributed by atoms with Gasteiger partial charge in [-0.25, -0.2) is 4.98 Å². The molecule has 4 aromatic rings. The number of rotatable bonds is 10. The first kappa shape index (κ1) is 24.5. The van der Waals surface area contributed by atoms with Gasteiger partial charge in [0, 0.05) is 11.3 Å². The van der Waals surface area contributed by atoms with E-state index in [2.05, 4.69) is 15.2 Å². The second kappa shape index (κ2) is 10.7. The highest BCUT2D eigenvalue weighted by atomic mass is 32.2. The van der Waals surface area contributed by atoms with Gasteiger partial charge in [-0.1, -0.05) is 11.8 Å². The first-order valence-corrected chi connectivity index (χ1v) is 12.0. The number of hydrogen-bond acceptors (Lipinski definition) is 9. The van der Waals surface area contributed by atoms with Crippen molar-refractivity contribution in [2.45, 2.75) is 31.7 Å². The van der Waals surface area contributed by atoms with E-state index in [9.17, 15) is 0 Å². The van der Waals surface area contributed by atoms with Gasteiger partial charge in [-0.3, -0.25) is 4.57 Å². The average Bonchev–Trinajstić information content (AvgIpc) is 3.44. The third-order valence-corrected chi connectivity index (χ3v) is 6.27. The highest BCUT2D eigenvalue weighted by Gasteiger charge is 2.21. The summed E-state index contributed by atoms with van der Waals surface area (Å²) in [4.78, 5) is 4.48. The fraction of sp³-hybridized carbons (Fsp3) is 0.320. The fourth-order valence-electron chi connectivity index (χ4n) is 3.58. The summed E-state index contributed by atoms with van der Waals surface area (Å²) < 4.78 is 29.9. The van der Waals surface area contributed by atoms with Crippen LogP contribution in [-0.2, 0) is 5.75 Å². The van der Waals surface area contributed by atoms with Crippen molar-refractivity contribution >= 4 is 11.8 Å². The predicted octanol–water partition coefficient (Wildman–Crippen LogP) is 5.26. The molecule has 4 rings (SSSR count). The van der Waals surface area contributed by atoms with Crippen LogP contribution in [-0.4, -0.2) is 47.7 Å². The summed E-state index contributed by atoms with van der Waals surface area (Å²) in [5, 5.41) is 9.70. The van der Waals surface area contributed by atoms with Gasteiger partial charge in [0.1, 0.15) is 11.5 Å². The molecule has 0 aliphatic rings. The molecule has 2 aromatic heterocycles. The summed E-state index contributed by atoms with van der Waals surface area (Å²) in [5.74, 6) is 4.95. The number of nitrogens with zero attached hydrogens (tertiary/aromatic N) is 4. The van der Waals surface area contributed by atoms with Gasteiger partial charge in [-0.05, 0) is 57.2 Å². The lowest BCUT2D eigenvalue weighted by molar-refractivity contribution is 0.324. The van der Waals surface area contributed by atoms with E-state index in [4.69, 9.17) is 23.4 Å². The number of aryl methyl sites for hydroxylation is 2. The second-order valence-electron chi connectivity index (χ2n) is 7.52. The van der Waals surface area contributed by atoms with E-state index < -0.39 is 0 Å². The zero-order valence-corrected chi connectivity index (χ0v) is 21.4. The molecule has 2 heterocycles. The Labute approximate surface area is 208 Å². The lowest BCUT2D eigenvalue weighted by Gasteiger charge is -2.15. The lowest BCUT2D eigenvalue weighted by atomic mass is 10.1. The maximum atomic E-state index is 5.75. The minimum atomic E-state index is 0.509. The molecule has 0 aliphatic heterocycles. The van der Waals surface area contributed by atoms with Crippen molar-refractivity contribution in [3.05, 3.63) is 53.7 Å². The summed E-state index contributed by atoms with van der Waals surface area (Å²) in [6, 6.07) is 11.5. The Balaban J connectivity index is 1.80. The lowest BCUT2D eigenvalue weighted by Crippen LogP contribution is -2.02. The summed E-state index contributed by atoms with van der Waals surface area (Å²) >= 11 is 1.49. The van der Waals surface area contributed by atoms with Gasteiger partial charge in [0.15, 0.2) is 22.5 Å². The summed E-state index contributed by atoms with van der Waals surface area (Å²) in [6.07, 6.45) is 0. The smallest absolute Gasteiger partial charge is 0.205 e. The van der Waals surface area contributed by atoms with Crippen molar-refractivity contribution in [3.63, 3.8) is 0 Å². The SMILES string of the molecule is CCOc1ccc(-n2c(SCc3nc(C)c(C)o3)nnc2-c2cc(OC)c(OC)c(OC)c2)cc1. The first-order valence-electron chi connectivity index (χ1n) is 11.0. The van der Waals surface area contributed by atoms with Crippen molar-refractivity contribution < 1.29 is 23.4 Å². The molecule has 0 amide bonds. The molecular weight excluding hydrogens is 468 g/mol. The first-order chi connectivity index (χ1) is 17.0. The zero-order chi connectivity index (χ0) is 24.9. The molecule has 0 fully saturated rings. The number of aromatic nitrogens is 4. The number of oxazole rings is 1. The quantitative estimate of drug-likeness (QED) is 0.273. The van der Waals surface area contributed by atoms with Crippen molar-refractivity contribution in [1.29, 1.82) is 0 Å². The minimum Gasteiger partial charge on any atom is -0.494 e. The molecule has 0 unspecified atom stereocenters. The maximum absolute atomic E-state index is 5.75. The third kappa shape index (κ3) is 5.07. The monoisotopic (exact) mass is 496 g/mol. The van der Waals surface area contributed by atoms with Gasteiger partial charge in [-0.2, -0.15) is 0 Å². The molecule has 0 spiro atoms. The second-order valence-corrected chi connectivity index (χ2v) is 8.46. The maximum Gasteiger partial charge on any atom is 0.205 e. The number of ether oxygens (including phenoxy) is 4. The average molecular weight is 497 g/mol. The van der Waals surface area contributed by atoms with Gasteiger partial charge in [0.2, 0.25) is 11.6 Å². The summed E-state index contributed by atoms with van der Waals surface area (Å²) in [7, 11) is 4.74.